The van der Waals surface area contributed by atoms with Gasteiger partial charge in [-0.2, -0.15) is 10.5 Å². The first-order valence-electron chi connectivity index (χ1n) is 4.42. The second-order valence-corrected chi connectivity index (χ2v) is 3.03. The monoisotopic (exact) mass is 238 g/mol. The predicted octanol–water partition coefficient (Wildman–Crippen LogP) is 1.70. The SMILES string of the molecule is Cc1cc(C)c(O)c(C)c1O.N#CO.N#CO. The van der Waals surface area contributed by atoms with Crippen LogP contribution in [0.15, 0.2) is 6.07 Å². The fourth-order valence-corrected chi connectivity index (χ4v) is 1.17. The molecule has 1 rings (SSSR count). The summed E-state index contributed by atoms with van der Waals surface area (Å²) in [6.45, 7) is 5.33. The minimum Gasteiger partial charge on any atom is -0.507 e. The Bertz CT molecular complexity index is 406. The quantitative estimate of drug-likeness (QED) is 0.509. The smallest absolute Gasteiger partial charge is 0.283 e. The number of aliphatic hydroxyl groups is 2. The van der Waals surface area contributed by atoms with Crippen molar-refractivity contribution in [2.75, 3.05) is 0 Å². The molecule has 0 heterocycles. The summed E-state index contributed by atoms with van der Waals surface area (Å²) >= 11 is 0. The first kappa shape index (κ1) is 16.8. The Balaban J connectivity index is 0. The first-order valence-corrected chi connectivity index (χ1v) is 4.42. The molecule has 4 N–H and O–H groups in total. The van der Waals surface area contributed by atoms with Gasteiger partial charge < -0.3 is 20.4 Å². The van der Waals surface area contributed by atoms with E-state index < -0.39 is 0 Å². The highest BCUT2D eigenvalue weighted by Crippen LogP contribution is 2.31. The van der Waals surface area contributed by atoms with Crippen LogP contribution in [0.5, 0.6) is 11.5 Å². The number of benzene rings is 1. The maximum atomic E-state index is 9.35. The number of phenols is 2. The van der Waals surface area contributed by atoms with E-state index in [0.29, 0.717) is 5.56 Å². The van der Waals surface area contributed by atoms with Crippen LogP contribution in [0.25, 0.3) is 0 Å². The summed E-state index contributed by atoms with van der Waals surface area (Å²) in [5, 5.41) is 46.2. The molecule has 0 saturated heterocycles. The van der Waals surface area contributed by atoms with Gasteiger partial charge in [-0.3, -0.25) is 0 Å². The zero-order valence-corrected chi connectivity index (χ0v) is 9.76. The van der Waals surface area contributed by atoms with Crippen molar-refractivity contribution in [3.63, 3.8) is 0 Å². The molecule has 1 aromatic carbocycles. The van der Waals surface area contributed by atoms with Crippen LogP contribution in [-0.2, 0) is 0 Å². The number of hydrogen-bond acceptors (Lipinski definition) is 6. The molecule has 0 aliphatic carbocycles. The van der Waals surface area contributed by atoms with Gasteiger partial charge in [-0.25, -0.2) is 0 Å². The summed E-state index contributed by atoms with van der Waals surface area (Å²) in [5.41, 5.74) is 2.16. The van der Waals surface area contributed by atoms with E-state index in [1.54, 1.807) is 13.0 Å². The Labute approximate surface area is 99.2 Å². The van der Waals surface area contributed by atoms with E-state index in [9.17, 15) is 10.2 Å². The Morgan fingerprint density at radius 2 is 1.12 bits per heavy atom. The molecular weight excluding hydrogens is 224 g/mol. The van der Waals surface area contributed by atoms with Gasteiger partial charge >= 0.3 is 0 Å². The normalized spacial score (nSPS) is 7.35. The molecule has 0 unspecified atom stereocenters. The van der Waals surface area contributed by atoms with E-state index in [-0.39, 0.29) is 11.5 Å². The number of aliphatic hydroxyl groups excluding tert-OH is 2. The highest BCUT2D eigenvalue weighted by Gasteiger charge is 2.07. The Hall–Kier alpha value is -2.60. The standard InChI is InChI=1S/C9H12O2.2CHNO/c1-5-4-6(2)9(11)7(3)8(5)10;2*2-1-3/h4,10-11H,1-3H3;2*3H. The molecule has 6 nitrogen and oxygen atoms in total. The van der Waals surface area contributed by atoms with Crippen LogP contribution in [0.1, 0.15) is 16.7 Å². The second kappa shape index (κ2) is 8.69. The van der Waals surface area contributed by atoms with E-state index in [2.05, 4.69) is 0 Å². The molecular formula is C11H14N2O4. The van der Waals surface area contributed by atoms with Gasteiger partial charge in [-0.15, -0.1) is 0 Å². The van der Waals surface area contributed by atoms with Crippen molar-refractivity contribution < 1.29 is 20.4 Å². The first-order chi connectivity index (χ1) is 7.87. The molecule has 6 heteroatoms. The minimum atomic E-state index is 0.188. The van der Waals surface area contributed by atoms with Crippen LogP contribution < -0.4 is 0 Å². The summed E-state index contributed by atoms with van der Waals surface area (Å²) in [4.78, 5) is 0. The average molecular weight is 238 g/mol. The number of aromatic hydroxyl groups is 2. The third kappa shape index (κ3) is 5.75. The summed E-state index contributed by atoms with van der Waals surface area (Å²) in [6.07, 6.45) is 1.50. The topological polar surface area (TPSA) is 128 Å². The van der Waals surface area contributed by atoms with Crippen LogP contribution >= 0.6 is 0 Å². The summed E-state index contributed by atoms with van der Waals surface area (Å²) < 4.78 is 0. The summed E-state index contributed by atoms with van der Waals surface area (Å²) in [6, 6.07) is 1.76. The van der Waals surface area contributed by atoms with Gasteiger partial charge in [0.2, 0.25) is 0 Å². The molecule has 1 aromatic rings. The second-order valence-electron chi connectivity index (χ2n) is 3.03. The summed E-state index contributed by atoms with van der Waals surface area (Å²) in [5.74, 6) is 0.376. The number of hydrogen-bond donors (Lipinski definition) is 4. The maximum absolute atomic E-state index is 9.35. The van der Waals surface area contributed by atoms with Crippen LogP contribution in [0.4, 0.5) is 0 Å². The number of nitrogens with zero attached hydrogens (tertiary/aromatic N) is 2. The molecule has 0 aliphatic heterocycles. The molecule has 0 fully saturated rings. The molecule has 0 atom stereocenters. The van der Waals surface area contributed by atoms with E-state index in [4.69, 9.17) is 20.7 Å². The molecule has 92 valence electrons. The van der Waals surface area contributed by atoms with Crippen LogP contribution in [0.2, 0.25) is 0 Å². The van der Waals surface area contributed by atoms with E-state index in [1.807, 2.05) is 13.8 Å². The number of phenolic OH excluding ortho intramolecular Hbond substituents is 2. The van der Waals surface area contributed by atoms with Crippen molar-refractivity contribution in [2.24, 2.45) is 0 Å². The zero-order valence-electron chi connectivity index (χ0n) is 9.76. The molecule has 0 amide bonds. The largest absolute Gasteiger partial charge is 0.507 e. The fraction of sp³-hybridized carbons (Fsp3) is 0.273. The minimum absolute atomic E-state index is 0.188. The summed E-state index contributed by atoms with van der Waals surface area (Å²) in [7, 11) is 0. The van der Waals surface area contributed by atoms with Gasteiger partial charge in [0.25, 0.3) is 12.5 Å². The highest BCUT2D eigenvalue weighted by atomic mass is 16.3. The van der Waals surface area contributed by atoms with E-state index >= 15 is 0 Å². The van der Waals surface area contributed by atoms with Crippen molar-refractivity contribution in [1.82, 2.24) is 0 Å². The zero-order chi connectivity index (χ0) is 14.0. The van der Waals surface area contributed by atoms with Gasteiger partial charge in [-0.1, -0.05) is 0 Å². The lowest BCUT2D eigenvalue weighted by molar-refractivity contribution is 0.438. The third-order valence-corrected chi connectivity index (χ3v) is 1.89. The van der Waals surface area contributed by atoms with Crippen LogP contribution in [-0.4, -0.2) is 20.4 Å². The van der Waals surface area contributed by atoms with Gasteiger partial charge in [0.15, 0.2) is 0 Å². The van der Waals surface area contributed by atoms with Crippen molar-refractivity contribution >= 4 is 0 Å². The molecule has 0 saturated carbocycles. The van der Waals surface area contributed by atoms with Crippen LogP contribution in [0.3, 0.4) is 0 Å². The molecule has 0 spiro atoms. The Morgan fingerprint density at radius 3 is 1.35 bits per heavy atom. The van der Waals surface area contributed by atoms with Crippen molar-refractivity contribution in [2.45, 2.75) is 20.8 Å². The number of nitriles is 2. The molecule has 0 radical (unpaired) electrons. The highest BCUT2D eigenvalue weighted by molar-refractivity contribution is 5.51. The predicted molar refractivity (Wildman–Crippen MR) is 59.1 cm³/mol. The van der Waals surface area contributed by atoms with E-state index in [1.165, 1.54) is 0 Å². The maximum Gasteiger partial charge on any atom is 0.283 e. The van der Waals surface area contributed by atoms with Gasteiger partial charge in [-0.05, 0) is 38.0 Å². The molecule has 17 heavy (non-hydrogen) atoms. The lowest BCUT2D eigenvalue weighted by atomic mass is 10.1. The number of aryl methyl sites for hydroxylation is 2. The lowest BCUT2D eigenvalue weighted by Crippen LogP contribution is -1.84. The molecule has 0 aromatic heterocycles. The van der Waals surface area contributed by atoms with E-state index in [0.717, 1.165) is 23.6 Å². The van der Waals surface area contributed by atoms with Gasteiger partial charge in [0.1, 0.15) is 11.5 Å². The van der Waals surface area contributed by atoms with Gasteiger partial charge in [0, 0.05) is 5.56 Å². The Kier molecular flexibility index (Phi) is 8.59. The third-order valence-electron chi connectivity index (χ3n) is 1.89. The molecule has 0 bridgehead atoms. The van der Waals surface area contributed by atoms with Gasteiger partial charge in [0.05, 0.1) is 0 Å². The molecule has 0 aliphatic rings. The van der Waals surface area contributed by atoms with Crippen molar-refractivity contribution in [3.8, 4) is 24.0 Å². The Morgan fingerprint density at radius 1 is 0.882 bits per heavy atom. The van der Waals surface area contributed by atoms with Crippen molar-refractivity contribution in [1.29, 1.82) is 10.5 Å². The van der Waals surface area contributed by atoms with Crippen LogP contribution in [0, 0.1) is 43.8 Å². The fourth-order valence-electron chi connectivity index (χ4n) is 1.17. The lowest BCUT2D eigenvalue weighted by Gasteiger charge is -2.07. The van der Waals surface area contributed by atoms with Crippen molar-refractivity contribution in [3.05, 3.63) is 22.8 Å². The average Bonchev–Trinajstić information content (AvgIpc) is 2.26. The number of rotatable bonds is 0.